The molecule has 0 atom stereocenters. The molecule has 15 heavy (non-hydrogen) atoms. The van der Waals surface area contributed by atoms with Gasteiger partial charge in [0, 0.05) is 0 Å². The van der Waals surface area contributed by atoms with Gasteiger partial charge in [-0.2, -0.15) is 0 Å². The number of carbonyl (C=O) groups excluding carboxylic acids is 3. The summed E-state index contributed by atoms with van der Waals surface area (Å²) in [4.78, 5) is 34.4. The highest BCUT2D eigenvalue weighted by molar-refractivity contribution is 6.20. The summed E-state index contributed by atoms with van der Waals surface area (Å²) in [6.45, 7) is -0.959. The number of imide groups is 2. The molecule has 0 aromatic heterocycles. The Balaban J connectivity index is 2.21. The maximum atomic E-state index is 12.1. The first-order valence-corrected chi connectivity index (χ1v) is 4.43. The van der Waals surface area contributed by atoms with E-state index in [2.05, 4.69) is 0 Å². The largest absolute Gasteiger partial charge is 0.330 e. The van der Waals surface area contributed by atoms with Gasteiger partial charge in [0.25, 0.3) is 6.43 Å². The van der Waals surface area contributed by atoms with Crippen LogP contribution < -0.4 is 5.32 Å². The summed E-state index contributed by atoms with van der Waals surface area (Å²) in [5.74, 6) is -1.46. The van der Waals surface area contributed by atoms with Crippen LogP contribution in [0, 0.1) is 5.41 Å². The molecule has 1 heterocycles. The van der Waals surface area contributed by atoms with E-state index in [1.54, 1.807) is 0 Å². The van der Waals surface area contributed by atoms with Gasteiger partial charge in [0.2, 0.25) is 11.8 Å². The molecule has 0 aromatic rings. The van der Waals surface area contributed by atoms with Crippen LogP contribution in [0.25, 0.3) is 0 Å². The number of barbiturate groups is 1. The Kier molecular flexibility index (Phi) is 1.99. The molecule has 2 rings (SSSR count). The van der Waals surface area contributed by atoms with Gasteiger partial charge < -0.3 is 0 Å². The highest BCUT2D eigenvalue weighted by Gasteiger charge is 2.62. The second-order valence-corrected chi connectivity index (χ2v) is 3.65. The zero-order chi connectivity index (χ0) is 11.2. The molecule has 0 aromatic carbocycles. The normalized spacial score (nSPS) is 23.7. The number of alkyl halides is 2. The number of hydrogen-bond donors (Lipinski definition) is 1. The fourth-order valence-electron chi connectivity index (χ4n) is 1.60. The first-order chi connectivity index (χ1) is 6.97. The van der Waals surface area contributed by atoms with Crippen LogP contribution in [0.2, 0.25) is 0 Å². The zero-order valence-electron chi connectivity index (χ0n) is 7.63. The quantitative estimate of drug-likeness (QED) is 0.669. The minimum Gasteiger partial charge on any atom is -0.277 e. The third-order valence-corrected chi connectivity index (χ3v) is 2.63. The van der Waals surface area contributed by atoms with Crippen LogP contribution in [-0.2, 0) is 9.59 Å². The minimum atomic E-state index is -2.79. The maximum Gasteiger partial charge on any atom is 0.330 e. The number of rotatable bonds is 2. The molecule has 1 N–H and O–H groups in total. The van der Waals surface area contributed by atoms with E-state index in [1.165, 1.54) is 0 Å². The van der Waals surface area contributed by atoms with E-state index in [4.69, 9.17) is 0 Å². The molecule has 1 spiro atoms. The molecule has 7 heteroatoms. The summed E-state index contributed by atoms with van der Waals surface area (Å²) in [5, 5.41) is 1.91. The Hall–Kier alpha value is -1.53. The summed E-state index contributed by atoms with van der Waals surface area (Å²) in [5.41, 5.74) is -1.23. The summed E-state index contributed by atoms with van der Waals surface area (Å²) >= 11 is 0. The van der Waals surface area contributed by atoms with Gasteiger partial charge in [-0.15, -0.1) is 0 Å². The first kappa shape index (κ1) is 10.0. The van der Waals surface area contributed by atoms with Crippen molar-refractivity contribution >= 4 is 17.8 Å². The van der Waals surface area contributed by atoms with Gasteiger partial charge in [-0.05, 0) is 12.8 Å². The van der Waals surface area contributed by atoms with E-state index in [0.717, 1.165) is 0 Å². The molecule has 5 nitrogen and oxygen atoms in total. The summed E-state index contributed by atoms with van der Waals surface area (Å²) in [6.07, 6.45) is -2.14. The van der Waals surface area contributed by atoms with Gasteiger partial charge in [0.15, 0.2) is 0 Å². The van der Waals surface area contributed by atoms with Crippen LogP contribution in [-0.4, -0.2) is 35.7 Å². The minimum absolute atomic E-state index is 0.324. The predicted octanol–water partition coefficient (Wildman–Crippen LogP) is 0.110. The van der Waals surface area contributed by atoms with E-state index in [1.807, 2.05) is 5.32 Å². The Morgan fingerprint density at radius 3 is 2.40 bits per heavy atom. The standard InChI is InChI=1S/C8H8F2N2O3/c9-4(10)3-12-6(14)8(1-2-8)5(13)11-7(12)15/h4H,1-3H2,(H,11,13,15). The molecule has 1 aliphatic carbocycles. The number of nitrogens with one attached hydrogen (secondary N) is 1. The van der Waals surface area contributed by atoms with Crippen molar-refractivity contribution in [3.8, 4) is 0 Å². The van der Waals surface area contributed by atoms with Crippen molar-refractivity contribution in [1.29, 1.82) is 0 Å². The van der Waals surface area contributed by atoms with Gasteiger partial charge in [-0.25, -0.2) is 13.6 Å². The molecular weight excluding hydrogens is 210 g/mol. The lowest BCUT2D eigenvalue weighted by atomic mass is 10.0. The molecule has 1 saturated carbocycles. The third-order valence-electron chi connectivity index (χ3n) is 2.63. The molecule has 0 radical (unpaired) electrons. The van der Waals surface area contributed by atoms with Gasteiger partial charge in [0.1, 0.15) is 5.41 Å². The molecule has 0 unspecified atom stereocenters. The van der Waals surface area contributed by atoms with E-state index in [-0.39, 0.29) is 0 Å². The summed E-state index contributed by atoms with van der Waals surface area (Å²) in [6, 6.07) is -1.05. The fraction of sp³-hybridized carbons (Fsp3) is 0.625. The van der Waals surface area contributed by atoms with Crippen LogP contribution in [0.4, 0.5) is 13.6 Å². The lowest BCUT2D eigenvalue weighted by Gasteiger charge is -2.29. The molecule has 2 aliphatic rings. The van der Waals surface area contributed by atoms with Crippen molar-refractivity contribution in [2.24, 2.45) is 5.41 Å². The van der Waals surface area contributed by atoms with Crippen molar-refractivity contribution in [3.63, 3.8) is 0 Å². The smallest absolute Gasteiger partial charge is 0.277 e. The number of halogens is 2. The van der Waals surface area contributed by atoms with E-state index >= 15 is 0 Å². The molecular formula is C8H8F2N2O3. The Morgan fingerprint density at radius 1 is 1.33 bits per heavy atom. The van der Waals surface area contributed by atoms with Crippen molar-refractivity contribution in [1.82, 2.24) is 10.2 Å². The van der Waals surface area contributed by atoms with Crippen molar-refractivity contribution in [2.75, 3.05) is 6.54 Å². The SMILES string of the molecule is O=C1NC(=O)C2(CC2)C(=O)N1CC(F)F. The summed E-state index contributed by atoms with van der Waals surface area (Å²) < 4.78 is 24.2. The molecule has 1 aliphatic heterocycles. The van der Waals surface area contributed by atoms with E-state index in [9.17, 15) is 23.2 Å². The monoisotopic (exact) mass is 218 g/mol. The second kappa shape index (κ2) is 2.98. The highest BCUT2D eigenvalue weighted by Crippen LogP contribution is 2.48. The van der Waals surface area contributed by atoms with E-state index in [0.29, 0.717) is 17.7 Å². The number of amides is 4. The van der Waals surface area contributed by atoms with Crippen molar-refractivity contribution in [3.05, 3.63) is 0 Å². The van der Waals surface area contributed by atoms with Crippen LogP contribution in [0.1, 0.15) is 12.8 Å². The van der Waals surface area contributed by atoms with Gasteiger partial charge in [-0.3, -0.25) is 19.8 Å². The average molecular weight is 218 g/mol. The topological polar surface area (TPSA) is 66.5 Å². The number of carbonyl (C=O) groups is 3. The summed E-state index contributed by atoms with van der Waals surface area (Å²) in [7, 11) is 0. The van der Waals surface area contributed by atoms with Gasteiger partial charge >= 0.3 is 6.03 Å². The highest BCUT2D eigenvalue weighted by atomic mass is 19.3. The Labute approximate surface area is 83.4 Å². The zero-order valence-corrected chi connectivity index (χ0v) is 7.63. The van der Waals surface area contributed by atoms with Crippen molar-refractivity contribution in [2.45, 2.75) is 19.3 Å². The number of hydrogen-bond acceptors (Lipinski definition) is 3. The number of nitrogens with zero attached hydrogens (tertiary/aromatic N) is 1. The molecule has 2 fully saturated rings. The third kappa shape index (κ3) is 1.38. The van der Waals surface area contributed by atoms with Crippen LogP contribution in [0.15, 0.2) is 0 Å². The molecule has 82 valence electrons. The Bertz CT molecular complexity index is 352. The second-order valence-electron chi connectivity index (χ2n) is 3.65. The van der Waals surface area contributed by atoms with Crippen molar-refractivity contribution < 1.29 is 23.2 Å². The van der Waals surface area contributed by atoms with Crippen LogP contribution >= 0.6 is 0 Å². The number of urea groups is 1. The van der Waals surface area contributed by atoms with Gasteiger partial charge in [-0.1, -0.05) is 0 Å². The molecule has 1 saturated heterocycles. The maximum absolute atomic E-state index is 12.1. The predicted molar refractivity (Wildman–Crippen MR) is 42.9 cm³/mol. The molecule has 4 amide bonds. The Morgan fingerprint density at radius 2 is 1.93 bits per heavy atom. The van der Waals surface area contributed by atoms with Crippen LogP contribution in [0.3, 0.4) is 0 Å². The lowest BCUT2D eigenvalue weighted by molar-refractivity contribution is -0.145. The average Bonchev–Trinajstić information content (AvgIpc) is 2.91. The van der Waals surface area contributed by atoms with Crippen LogP contribution in [0.5, 0.6) is 0 Å². The lowest BCUT2D eigenvalue weighted by Crippen LogP contribution is -2.60. The van der Waals surface area contributed by atoms with Gasteiger partial charge in [0.05, 0.1) is 6.54 Å². The fourth-order valence-corrected chi connectivity index (χ4v) is 1.60. The first-order valence-electron chi connectivity index (χ1n) is 4.43. The van der Waals surface area contributed by atoms with E-state index < -0.39 is 36.2 Å². The molecule has 0 bridgehead atoms.